The molecule has 0 aliphatic rings. The maximum Gasteiger partial charge on any atom is 0.344 e. The van der Waals surface area contributed by atoms with E-state index in [1.54, 1.807) is 24.3 Å². The predicted molar refractivity (Wildman–Crippen MR) is 68.0 cm³/mol. The fourth-order valence-corrected chi connectivity index (χ4v) is 1.45. The zero-order valence-electron chi connectivity index (χ0n) is 9.60. The molecule has 18 heavy (non-hydrogen) atoms. The topological polar surface area (TPSA) is 72.8 Å². The Balaban J connectivity index is 2.55. The van der Waals surface area contributed by atoms with Crippen LogP contribution in [0.3, 0.4) is 0 Å². The summed E-state index contributed by atoms with van der Waals surface area (Å²) in [6.45, 7) is 0.0442. The molecule has 5 nitrogen and oxygen atoms in total. The Hall–Kier alpha value is -1.56. The lowest BCUT2D eigenvalue weighted by atomic mass is 10.1. The van der Waals surface area contributed by atoms with Crippen molar-refractivity contribution in [2.75, 3.05) is 18.5 Å². The van der Waals surface area contributed by atoms with Crippen LogP contribution in [0, 0.1) is 0 Å². The lowest BCUT2D eigenvalue weighted by Crippen LogP contribution is -2.16. The first-order valence-electron chi connectivity index (χ1n) is 5.27. The third kappa shape index (κ3) is 5.18. The number of esters is 1. The van der Waals surface area contributed by atoms with Crippen molar-refractivity contribution in [3.63, 3.8) is 0 Å². The second-order valence-corrected chi connectivity index (χ2v) is 4.17. The molecule has 0 atom stereocenters. The lowest BCUT2D eigenvalue weighted by molar-refractivity contribution is -0.145. The van der Waals surface area contributed by atoms with Crippen molar-refractivity contribution < 1.29 is 24.2 Å². The number of rotatable bonds is 7. The van der Waals surface area contributed by atoms with E-state index in [1.807, 2.05) is 0 Å². The van der Waals surface area contributed by atoms with E-state index in [0.717, 1.165) is 0 Å². The van der Waals surface area contributed by atoms with Gasteiger partial charge in [0.2, 0.25) is 0 Å². The fourth-order valence-electron chi connectivity index (χ4n) is 1.28. The van der Waals surface area contributed by atoms with Crippen molar-refractivity contribution in [3.05, 3.63) is 29.8 Å². The Morgan fingerprint density at radius 3 is 2.67 bits per heavy atom. The molecule has 0 aromatic heterocycles. The molecule has 0 heterocycles. The first-order chi connectivity index (χ1) is 8.63. The van der Waals surface area contributed by atoms with Gasteiger partial charge in [-0.3, -0.25) is 4.79 Å². The van der Waals surface area contributed by atoms with Crippen molar-refractivity contribution in [3.8, 4) is 5.75 Å². The Morgan fingerprint density at radius 1 is 1.28 bits per heavy atom. The van der Waals surface area contributed by atoms with Gasteiger partial charge in [-0.1, -0.05) is 34.1 Å². The van der Waals surface area contributed by atoms with Crippen molar-refractivity contribution in [2.45, 2.75) is 6.42 Å². The zero-order chi connectivity index (χ0) is 13.4. The molecule has 0 radical (unpaired) electrons. The van der Waals surface area contributed by atoms with Crippen molar-refractivity contribution in [1.82, 2.24) is 0 Å². The van der Waals surface area contributed by atoms with Gasteiger partial charge in [-0.05, 0) is 6.07 Å². The van der Waals surface area contributed by atoms with Crippen LogP contribution in [0.2, 0.25) is 0 Å². The molecular weight excluding hydrogens is 304 g/mol. The van der Waals surface area contributed by atoms with Crippen molar-refractivity contribution >= 4 is 27.9 Å². The third-order valence-corrected chi connectivity index (χ3v) is 2.32. The molecule has 0 fully saturated rings. The summed E-state index contributed by atoms with van der Waals surface area (Å²) in [5, 5.41) is 9.30. The molecule has 0 unspecified atom stereocenters. The summed E-state index contributed by atoms with van der Waals surface area (Å²) in [4.78, 5) is 21.9. The van der Waals surface area contributed by atoms with Gasteiger partial charge in [0.05, 0.1) is 6.42 Å². The van der Waals surface area contributed by atoms with Gasteiger partial charge in [0.15, 0.2) is 6.61 Å². The van der Waals surface area contributed by atoms with Gasteiger partial charge in [-0.2, -0.15) is 0 Å². The molecule has 0 aliphatic carbocycles. The number of carbonyl (C=O) groups excluding carboxylic acids is 1. The van der Waals surface area contributed by atoms with E-state index in [-0.39, 0.29) is 19.6 Å². The van der Waals surface area contributed by atoms with E-state index < -0.39 is 11.9 Å². The number of benzene rings is 1. The second kappa shape index (κ2) is 7.71. The maximum atomic E-state index is 11.2. The Bertz CT molecular complexity index is 419. The smallest absolute Gasteiger partial charge is 0.344 e. The van der Waals surface area contributed by atoms with Crippen LogP contribution < -0.4 is 4.74 Å². The van der Waals surface area contributed by atoms with Crippen LogP contribution in [0.4, 0.5) is 0 Å². The molecular formula is C12H13BrO5. The van der Waals surface area contributed by atoms with E-state index in [0.29, 0.717) is 16.6 Å². The van der Waals surface area contributed by atoms with Crippen LogP contribution in [0.1, 0.15) is 5.56 Å². The highest BCUT2D eigenvalue weighted by atomic mass is 79.9. The first-order valence-corrected chi connectivity index (χ1v) is 6.39. The van der Waals surface area contributed by atoms with E-state index in [9.17, 15) is 9.59 Å². The van der Waals surface area contributed by atoms with Gasteiger partial charge in [0.1, 0.15) is 12.4 Å². The summed E-state index contributed by atoms with van der Waals surface area (Å²) < 4.78 is 10.1. The number of carboxylic acids is 1. The SMILES string of the molecule is O=C(O)Cc1ccccc1OCC(=O)OCCBr. The largest absolute Gasteiger partial charge is 0.482 e. The number of carboxylic acid groups (broad SMARTS) is 1. The van der Waals surface area contributed by atoms with Crippen LogP contribution in [0.5, 0.6) is 5.75 Å². The number of hydrogen-bond donors (Lipinski definition) is 1. The summed E-state index contributed by atoms with van der Waals surface area (Å²) in [6, 6.07) is 6.70. The van der Waals surface area contributed by atoms with E-state index in [2.05, 4.69) is 15.9 Å². The minimum atomic E-state index is -0.951. The Morgan fingerprint density at radius 2 is 2.00 bits per heavy atom. The van der Waals surface area contributed by atoms with E-state index >= 15 is 0 Å². The molecule has 1 rings (SSSR count). The zero-order valence-corrected chi connectivity index (χ0v) is 11.2. The van der Waals surface area contributed by atoms with Crippen LogP contribution in [-0.4, -0.2) is 35.6 Å². The van der Waals surface area contributed by atoms with Crippen molar-refractivity contribution in [1.29, 1.82) is 0 Å². The number of hydrogen-bond acceptors (Lipinski definition) is 4. The van der Waals surface area contributed by atoms with E-state index in [4.69, 9.17) is 14.6 Å². The van der Waals surface area contributed by atoms with Crippen molar-refractivity contribution in [2.24, 2.45) is 0 Å². The normalized spacial score (nSPS) is 9.83. The minimum absolute atomic E-state index is 0.146. The quantitative estimate of drug-likeness (QED) is 0.611. The standard InChI is InChI=1S/C12H13BrO5/c13-5-6-17-12(16)8-18-10-4-2-1-3-9(10)7-11(14)15/h1-4H,5-8H2,(H,14,15). The fraction of sp³-hybridized carbons (Fsp3) is 0.333. The first kappa shape index (κ1) is 14.5. The van der Waals surface area contributed by atoms with Gasteiger partial charge in [-0.15, -0.1) is 0 Å². The summed E-state index contributed by atoms with van der Waals surface area (Å²) >= 11 is 3.13. The van der Waals surface area contributed by atoms with Crippen LogP contribution in [-0.2, 0) is 20.7 Å². The van der Waals surface area contributed by atoms with Gasteiger partial charge in [-0.25, -0.2) is 4.79 Å². The molecule has 0 bridgehead atoms. The van der Waals surface area contributed by atoms with E-state index in [1.165, 1.54) is 0 Å². The van der Waals surface area contributed by atoms with Crippen LogP contribution >= 0.6 is 15.9 Å². The molecule has 1 aromatic carbocycles. The number of aliphatic carboxylic acids is 1. The van der Waals surface area contributed by atoms with Gasteiger partial charge in [0, 0.05) is 10.9 Å². The van der Waals surface area contributed by atoms with Crippen LogP contribution in [0.25, 0.3) is 0 Å². The number of para-hydroxylation sites is 1. The summed E-state index contributed by atoms with van der Waals surface area (Å²) in [6.07, 6.45) is -0.146. The highest BCUT2D eigenvalue weighted by Gasteiger charge is 2.09. The molecule has 1 N–H and O–H groups in total. The van der Waals surface area contributed by atoms with Crippen LogP contribution in [0.15, 0.2) is 24.3 Å². The molecule has 0 spiro atoms. The number of ether oxygens (including phenoxy) is 2. The third-order valence-electron chi connectivity index (χ3n) is 2.00. The number of alkyl halides is 1. The van der Waals surface area contributed by atoms with Gasteiger partial charge in [0.25, 0.3) is 0 Å². The molecule has 1 aromatic rings. The van der Waals surface area contributed by atoms with Gasteiger partial charge >= 0.3 is 11.9 Å². The molecule has 98 valence electrons. The lowest BCUT2D eigenvalue weighted by Gasteiger charge is -2.09. The highest BCUT2D eigenvalue weighted by Crippen LogP contribution is 2.18. The number of halogens is 1. The molecule has 6 heteroatoms. The molecule has 0 aliphatic heterocycles. The molecule has 0 saturated carbocycles. The Kier molecular flexibility index (Phi) is 6.21. The highest BCUT2D eigenvalue weighted by molar-refractivity contribution is 9.09. The predicted octanol–water partition coefficient (Wildman–Crippen LogP) is 1.63. The summed E-state index contributed by atoms with van der Waals surface area (Å²) in [5.74, 6) is -1.05. The maximum absolute atomic E-state index is 11.2. The summed E-state index contributed by atoms with van der Waals surface area (Å²) in [7, 11) is 0. The van der Waals surface area contributed by atoms with Gasteiger partial charge < -0.3 is 14.6 Å². The minimum Gasteiger partial charge on any atom is -0.482 e. The second-order valence-electron chi connectivity index (χ2n) is 3.38. The number of carbonyl (C=O) groups is 2. The average Bonchev–Trinajstić information content (AvgIpc) is 2.34. The summed E-state index contributed by atoms with van der Waals surface area (Å²) in [5.41, 5.74) is 0.526. The average molecular weight is 317 g/mol. The molecule has 0 amide bonds. The Labute approximate surface area is 113 Å². The monoisotopic (exact) mass is 316 g/mol. The molecule has 0 saturated heterocycles.